The van der Waals surface area contributed by atoms with Gasteiger partial charge in [0.1, 0.15) is 0 Å². The van der Waals surface area contributed by atoms with Crippen molar-refractivity contribution in [1.29, 1.82) is 0 Å². The van der Waals surface area contributed by atoms with Crippen LogP contribution in [0.2, 0.25) is 0 Å². The highest BCUT2D eigenvalue weighted by Gasteiger charge is 2.15. The molecular weight excluding hydrogens is 598 g/mol. The molecule has 0 bridgehead atoms. The van der Waals surface area contributed by atoms with Gasteiger partial charge in [-0.25, -0.2) is 0 Å². The third-order valence-electron chi connectivity index (χ3n) is 8.50. The van der Waals surface area contributed by atoms with Crippen LogP contribution in [-0.4, -0.2) is 4.57 Å². The fourth-order valence-corrected chi connectivity index (χ4v) is 6.48. The summed E-state index contributed by atoms with van der Waals surface area (Å²) in [5, 5.41) is 2.51. The second-order valence-electron chi connectivity index (χ2n) is 11.2. The third kappa shape index (κ3) is 4.84. The lowest BCUT2D eigenvalue weighted by atomic mass is 9.98. The van der Waals surface area contributed by atoms with E-state index in [2.05, 4.69) is 190 Å². The van der Waals surface area contributed by atoms with Crippen molar-refractivity contribution in [2.45, 2.75) is 0 Å². The van der Waals surface area contributed by atoms with Crippen LogP contribution >= 0.6 is 15.9 Å². The lowest BCUT2D eigenvalue weighted by Gasteiger charge is -2.10. The first-order valence-electron chi connectivity index (χ1n) is 14.9. The Morgan fingerprint density at radius 2 is 0.659 bits per heavy atom. The summed E-state index contributed by atoms with van der Waals surface area (Å²) in [6.07, 6.45) is 0. The van der Waals surface area contributed by atoms with Gasteiger partial charge in [0, 0.05) is 20.9 Å². The smallest absolute Gasteiger partial charge is 0.0547 e. The van der Waals surface area contributed by atoms with Gasteiger partial charge in [0.25, 0.3) is 0 Å². The first-order valence-corrected chi connectivity index (χ1v) is 15.7. The minimum absolute atomic E-state index is 1.09. The summed E-state index contributed by atoms with van der Waals surface area (Å²) in [6, 6.07) is 61.2. The molecule has 0 unspecified atom stereocenters. The molecular formula is C42H28BrN. The van der Waals surface area contributed by atoms with Crippen LogP contribution in [0.25, 0.3) is 72.0 Å². The highest BCUT2D eigenvalue weighted by Crippen LogP contribution is 2.37. The Labute approximate surface area is 265 Å². The van der Waals surface area contributed by atoms with E-state index in [4.69, 9.17) is 0 Å². The van der Waals surface area contributed by atoms with Crippen molar-refractivity contribution in [1.82, 2.24) is 4.57 Å². The summed E-state index contributed by atoms with van der Waals surface area (Å²) >= 11 is 3.54. The SMILES string of the molecule is Brc1ccc(-c2ccc(-c3ccc4c5ccc(-c6ccc(-c7ccccc7)cc6)cc5n(-c5ccccc5)c4c3)cc2)cc1. The van der Waals surface area contributed by atoms with Crippen LogP contribution in [0.5, 0.6) is 0 Å². The lowest BCUT2D eigenvalue weighted by Crippen LogP contribution is -1.93. The van der Waals surface area contributed by atoms with Crippen molar-refractivity contribution < 1.29 is 0 Å². The average molecular weight is 627 g/mol. The van der Waals surface area contributed by atoms with Crippen LogP contribution < -0.4 is 0 Å². The van der Waals surface area contributed by atoms with Crippen molar-refractivity contribution in [3.05, 3.63) is 174 Å². The monoisotopic (exact) mass is 625 g/mol. The van der Waals surface area contributed by atoms with Crippen molar-refractivity contribution in [2.24, 2.45) is 0 Å². The summed E-state index contributed by atoms with van der Waals surface area (Å²) < 4.78 is 3.50. The Kier molecular flexibility index (Phi) is 6.70. The summed E-state index contributed by atoms with van der Waals surface area (Å²) in [7, 11) is 0. The molecule has 0 aliphatic heterocycles. The van der Waals surface area contributed by atoms with Gasteiger partial charge >= 0.3 is 0 Å². The second-order valence-corrected chi connectivity index (χ2v) is 12.1. The van der Waals surface area contributed by atoms with Gasteiger partial charge in [-0.05, 0) is 80.9 Å². The van der Waals surface area contributed by atoms with Gasteiger partial charge in [0.05, 0.1) is 11.0 Å². The van der Waals surface area contributed by atoms with Gasteiger partial charge in [0.2, 0.25) is 0 Å². The number of nitrogens with zero attached hydrogens (tertiary/aromatic N) is 1. The van der Waals surface area contributed by atoms with Gasteiger partial charge in [-0.2, -0.15) is 0 Å². The molecule has 0 aliphatic rings. The fraction of sp³-hybridized carbons (Fsp3) is 0. The van der Waals surface area contributed by atoms with E-state index in [0.29, 0.717) is 0 Å². The quantitative estimate of drug-likeness (QED) is 0.179. The molecule has 8 aromatic rings. The maximum Gasteiger partial charge on any atom is 0.0547 e. The van der Waals surface area contributed by atoms with Crippen LogP contribution in [0.3, 0.4) is 0 Å². The van der Waals surface area contributed by atoms with Crippen LogP contribution in [0.15, 0.2) is 174 Å². The Bertz CT molecular complexity index is 2230. The summed E-state index contributed by atoms with van der Waals surface area (Å²) in [6.45, 7) is 0. The molecule has 7 aromatic carbocycles. The number of rotatable bonds is 5. The molecule has 0 fully saturated rings. The number of para-hydroxylation sites is 1. The summed E-state index contributed by atoms with van der Waals surface area (Å²) in [5.74, 6) is 0. The molecule has 44 heavy (non-hydrogen) atoms. The predicted octanol–water partition coefficient (Wildman–Crippen LogP) is 12.2. The van der Waals surface area contributed by atoms with Crippen molar-refractivity contribution in [3.8, 4) is 50.2 Å². The van der Waals surface area contributed by atoms with Crippen LogP contribution in [-0.2, 0) is 0 Å². The van der Waals surface area contributed by atoms with Crippen LogP contribution in [0, 0.1) is 0 Å². The molecule has 8 rings (SSSR count). The van der Waals surface area contributed by atoms with E-state index in [0.717, 1.165) is 10.2 Å². The predicted molar refractivity (Wildman–Crippen MR) is 190 cm³/mol. The zero-order valence-corrected chi connectivity index (χ0v) is 25.6. The Balaban J connectivity index is 1.23. The van der Waals surface area contributed by atoms with E-state index < -0.39 is 0 Å². The van der Waals surface area contributed by atoms with Gasteiger partial charge < -0.3 is 4.57 Å². The van der Waals surface area contributed by atoms with Gasteiger partial charge in [-0.15, -0.1) is 0 Å². The number of aromatic nitrogens is 1. The van der Waals surface area contributed by atoms with Gasteiger partial charge in [-0.3, -0.25) is 0 Å². The Morgan fingerprint density at radius 1 is 0.318 bits per heavy atom. The molecule has 0 atom stereocenters. The molecule has 2 heteroatoms. The van der Waals surface area contributed by atoms with Crippen LogP contribution in [0.1, 0.15) is 0 Å². The van der Waals surface area contributed by atoms with Crippen molar-refractivity contribution in [2.75, 3.05) is 0 Å². The normalized spacial score (nSPS) is 11.3. The standard InChI is InChI=1S/C42H28BrN/c43-37-23-19-32(20-24-37)31-13-17-34(18-14-31)36-22-26-40-39-25-21-35(33-15-11-30(12-16-33)29-7-3-1-4-8-29)27-41(39)44(42(40)28-36)38-9-5-2-6-10-38/h1-28H. The molecule has 0 spiro atoms. The van der Waals surface area contributed by atoms with E-state index in [-0.39, 0.29) is 0 Å². The van der Waals surface area contributed by atoms with Crippen molar-refractivity contribution >= 4 is 37.7 Å². The van der Waals surface area contributed by atoms with Gasteiger partial charge in [-0.1, -0.05) is 149 Å². The number of hydrogen-bond donors (Lipinski definition) is 0. The first kappa shape index (κ1) is 26.4. The molecule has 1 heterocycles. The largest absolute Gasteiger partial charge is 0.309 e. The highest BCUT2D eigenvalue weighted by molar-refractivity contribution is 9.10. The lowest BCUT2D eigenvalue weighted by molar-refractivity contribution is 1.18. The molecule has 0 N–H and O–H groups in total. The maximum absolute atomic E-state index is 3.54. The zero-order valence-electron chi connectivity index (χ0n) is 24.0. The number of hydrogen-bond acceptors (Lipinski definition) is 0. The Hall–Kier alpha value is -5.18. The molecule has 0 saturated heterocycles. The second kappa shape index (κ2) is 11.1. The third-order valence-corrected chi connectivity index (χ3v) is 9.03. The molecule has 208 valence electrons. The minimum atomic E-state index is 1.09. The molecule has 0 amide bonds. The summed E-state index contributed by atoms with van der Waals surface area (Å²) in [4.78, 5) is 0. The van der Waals surface area contributed by atoms with E-state index in [9.17, 15) is 0 Å². The van der Waals surface area contributed by atoms with E-state index in [1.54, 1.807) is 0 Å². The average Bonchev–Trinajstić information content (AvgIpc) is 3.42. The fourth-order valence-electron chi connectivity index (χ4n) is 6.22. The van der Waals surface area contributed by atoms with Crippen LogP contribution in [0.4, 0.5) is 0 Å². The highest BCUT2D eigenvalue weighted by atomic mass is 79.9. The van der Waals surface area contributed by atoms with E-state index in [1.807, 2.05) is 0 Å². The molecule has 0 aliphatic carbocycles. The topological polar surface area (TPSA) is 4.93 Å². The van der Waals surface area contributed by atoms with E-state index in [1.165, 1.54) is 66.3 Å². The zero-order chi connectivity index (χ0) is 29.5. The Morgan fingerprint density at radius 3 is 1.11 bits per heavy atom. The number of fused-ring (bicyclic) bond motifs is 3. The van der Waals surface area contributed by atoms with Gasteiger partial charge in [0.15, 0.2) is 0 Å². The maximum atomic E-state index is 3.54. The molecule has 1 nitrogen and oxygen atoms in total. The molecule has 1 aromatic heterocycles. The first-order chi connectivity index (χ1) is 21.7. The molecule has 0 radical (unpaired) electrons. The number of halogens is 1. The van der Waals surface area contributed by atoms with E-state index >= 15 is 0 Å². The number of benzene rings is 7. The van der Waals surface area contributed by atoms with Crippen molar-refractivity contribution in [3.63, 3.8) is 0 Å². The minimum Gasteiger partial charge on any atom is -0.309 e. The summed E-state index contributed by atoms with van der Waals surface area (Å²) in [5.41, 5.74) is 13.3. The molecule has 0 saturated carbocycles.